The maximum atomic E-state index is 10.7. The van der Waals surface area contributed by atoms with Crippen molar-refractivity contribution in [3.05, 3.63) is 34.7 Å². The summed E-state index contributed by atoms with van der Waals surface area (Å²) in [5.74, 6) is 0.390. The van der Waals surface area contributed by atoms with Crippen molar-refractivity contribution in [1.82, 2.24) is 0 Å². The monoisotopic (exact) mass is 174 g/mol. The zero-order valence-electron chi connectivity index (χ0n) is 7.16. The van der Waals surface area contributed by atoms with Crippen LogP contribution in [0, 0.1) is 0 Å². The van der Waals surface area contributed by atoms with Crippen molar-refractivity contribution < 1.29 is 9.90 Å². The Bertz CT molecular complexity index is 457. The van der Waals surface area contributed by atoms with Gasteiger partial charge < -0.3 is 5.11 Å². The molecule has 0 radical (unpaired) electrons. The molecule has 0 saturated heterocycles. The van der Waals surface area contributed by atoms with Gasteiger partial charge >= 0.3 is 0 Å². The number of rotatable bonds is 1. The van der Waals surface area contributed by atoms with Crippen LogP contribution in [0.25, 0.3) is 11.3 Å². The van der Waals surface area contributed by atoms with Crippen molar-refractivity contribution in [2.24, 2.45) is 0 Å². The Balaban J connectivity index is 2.93. The highest BCUT2D eigenvalue weighted by molar-refractivity contribution is 5.99. The lowest BCUT2D eigenvalue weighted by Crippen LogP contribution is -2.32. The van der Waals surface area contributed by atoms with Crippen LogP contribution in [-0.4, -0.2) is 11.4 Å². The molecule has 2 nitrogen and oxygen atoms in total. The van der Waals surface area contributed by atoms with Crippen LogP contribution in [-0.2, 0) is 4.79 Å². The molecule has 2 rings (SSSR count). The fourth-order valence-corrected chi connectivity index (χ4v) is 1.66. The van der Waals surface area contributed by atoms with Gasteiger partial charge in [0, 0.05) is 17.2 Å². The van der Waals surface area contributed by atoms with Gasteiger partial charge in [0.1, 0.15) is 12.0 Å². The van der Waals surface area contributed by atoms with E-state index in [-0.39, 0.29) is 0 Å². The van der Waals surface area contributed by atoms with Gasteiger partial charge in [-0.15, -0.1) is 0 Å². The fourth-order valence-electron chi connectivity index (χ4n) is 1.66. The average Bonchev–Trinajstić information content (AvgIpc) is 2.19. The van der Waals surface area contributed by atoms with Crippen LogP contribution in [0.5, 0.6) is 0 Å². The number of fused-ring (bicyclic) bond motifs is 1. The first-order valence-corrected chi connectivity index (χ1v) is 4.28. The summed E-state index contributed by atoms with van der Waals surface area (Å²) in [5, 5.41) is 11.2. The van der Waals surface area contributed by atoms with Crippen molar-refractivity contribution in [3.8, 4) is 0 Å². The van der Waals surface area contributed by atoms with E-state index in [1.165, 1.54) is 0 Å². The molecule has 13 heavy (non-hydrogen) atoms. The van der Waals surface area contributed by atoms with Crippen molar-refractivity contribution in [3.63, 3.8) is 0 Å². The van der Waals surface area contributed by atoms with Crippen LogP contribution in [0.2, 0.25) is 0 Å². The molecule has 1 aromatic carbocycles. The lowest BCUT2D eigenvalue weighted by molar-refractivity contribution is -0.103. The molecule has 0 amide bonds. The molecule has 66 valence electrons. The molecule has 2 heteroatoms. The summed E-state index contributed by atoms with van der Waals surface area (Å²) in [7, 11) is 0. The standard InChI is InChI=1S/C11H10O2/c12-7-8-5-6-11(13)10-4-2-1-3-9(8)10/h1-4,7,13H,5-6H2. The van der Waals surface area contributed by atoms with Gasteiger partial charge in [0.05, 0.1) is 0 Å². The van der Waals surface area contributed by atoms with Crippen LogP contribution in [0.1, 0.15) is 12.8 Å². The maximum Gasteiger partial charge on any atom is 0.146 e. The molecule has 1 aromatic rings. The van der Waals surface area contributed by atoms with Gasteiger partial charge in [-0.3, -0.25) is 4.79 Å². The largest absolute Gasteiger partial charge is 0.512 e. The first kappa shape index (κ1) is 8.05. The van der Waals surface area contributed by atoms with Gasteiger partial charge in [0.2, 0.25) is 0 Å². The molecule has 0 unspecified atom stereocenters. The zero-order chi connectivity index (χ0) is 9.26. The lowest BCUT2D eigenvalue weighted by Gasteiger charge is -2.07. The van der Waals surface area contributed by atoms with E-state index < -0.39 is 0 Å². The number of aldehydes is 1. The summed E-state index contributed by atoms with van der Waals surface area (Å²) in [4.78, 5) is 10.7. The average molecular weight is 174 g/mol. The van der Waals surface area contributed by atoms with Crippen molar-refractivity contribution in [2.75, 3.05) is 0 Å². The van der Waals surface area contributed by atoms with E-state index in [0.717, 1.165) is 22.3 Å². The van der Waals surface area contributed by atoms with Crippen molar-refractivity contribution >= 4 is 17.6 Å². The number of carbonyl (C=O) groups excluding carboxylic acids is 1. The molecule has 0 spiro atoms. The van der Waals surface area contributed by atoms with Gasteiger partial charge in [-0.1, -0.05) is 24.3 Å². The topological polar surface area (TPSA) is 37.3 Å². The van der Waals surface area contributed by atoms with Crippen molar-refractivity contribution in [2.45, 2.75) is 12.8 Å². The van der Waals surface area contributed by atoms with Crippen LogP contribution < -0.4 is 10.4 Å². The summed E-state index contributed by atoms with van der Waals surface area (Å²) < 4.78 is 0. The maximum absolute atomic E-state index is 10.7. The van der Waals surface area contributed by atoms with E-state index in [1.54, 1.807) is 0 Å². The first-order chi connectivity index (χ1) is 6.33. The summed E-state index contributed by atoms with van der Waals surface area (Å²) in [6.45, 7) is 0. The highest BCUT2D eigenvalue weighted by Crippen LogP contribution is 2.09. The Hall–Kier alpha value is -1.57. The Morgan fingerprint density at radius 3 is 2.54 bits per heavy atom. The summed E-state index contributed by atoms with van der Waals surface area (Å²) >= 11 is 0. The number of aliphatic hydroxyl groups is 1. The van der Waals surface area contributed by atoms with E-state index in [1.807, 2.05) is 24.3 Å². The van der Waals surface area contributed by atoms with Crippen LogP contribution in [0.4, 0.5) is 0 Å². The molecule has 1 N–H and O–H groups in total. The van der Waals surface area contributed by atoms with Crippen LogP contribution in [0.15, 0.2) is 24.3 Å². The van der Waals surface area contributed by atoms with E-state index in [4.69, 9.17) is 0 Å². The molecule has 0 atom stereocenters. The molecule has 1 aliphatic carbocycles. The quantitative estimate of drug-likeness (QED) is 0.629. The van der Waals surface area contributed by atoms with E-state index in [9.17, 15) is 9.90 Å². The molecular formula is C11H10O2. The molecule has 0 saturated carbocycles. The molecule has 0 aliphatic heterocycles. The fraction of sp³-hybridized carbons (Fsp3) is 0.182. The van der Waals surface area contributed by atoms with Gasteiger partial charge in [-0.05, 0) is 11.6 Å². The number of carbonyl (C=O) groups is 1. The van der Waals surface area contributed by atoms with E-state index in [0.29, 0.717) is 18.6 Å². The Labute approximate surface area is 75.8 Å². The number of hydrogen-bond donors (Lipinski definition) is 1. The Morgan fingerprint density at radius 2 is 1.85 bits per heavy atom. The van der Waals surface area contributed by atoms with Gasteiger partial charge in [-0.25, -0.2) is 0 Å². The molecule has 0 fully saturated rings. The lowest BCUT2D eigenvalue weighted by atomic mass is 9.99. The van der Waals surface area contributed by atoms with Crippen LogP contribution in [0.3, 0.4) is 0 Å². The molecule has 0 bridgehead atoms. The predicted molar refractivity (Wildman–Crippen MR) is 50.4 cm³/mol. The molecule has 0 aromatic heterocycles. The third-order valence-electron chi connectivity index (χ3n) is 2.36. The number of hydrogen-bond acceptors (Lipinski definition) is 2. The first-order valence-electron chi connectivity index (χ1n) is 4.28. The predicted octanol–water partition coefficient (Wildman–Crippen LogP) is 0.496. The minimum Gasteiger partial charge on any atom is -0.512 e. The van der Waals surface area contributed by atoms with Gasteiger partial charge in [-0.2, -0.15) is 0 Å². The second kappa shape index (κ2) is 3.05. The summed E-state index contributed by atoms with van der Waals surface area (Å²) in [6.07, 6.45) is 2.10. The number of aliphatic hydroxyl groups excluding tert-OH is 1. The second-order valence-electron chi connectivity index (χ2n) is 3.14. The van der Waals surface area contributed by atoms with Crippen LogP contribution >= 0.6 is 0 Å². The summed E-state index contributed by atoms with van der Waals surface area (Å²) in [5.41, 5.74) is 0.786. The van der Waals surface area contributed by atoms with E-state index >= 15 is 0 Å². The Morgan fingerprint density at radius 1 is 1.15 bits per heavy atom. The van der Waals surface area contributed by atoms with Crippen molar-refractivity contribution in [1.29, 1.82) is 0 Å². The van der Waals surface area contributed by atoms with Gasteiger partial charge in [0.25, 0.3) is 0 Å². The molecule has 1 aliphatic rings. The van der Waals surface area contributed by atoms with E-state index in [2.05, 4.69) is 0 Å². The molecular weight excluding hydrogens is 164 g/mol. The highest BCUT2D eigenvalue weighted by atomic mass is 16.3. The normalized spacial score (nSPS) is 15.4. The second-order valence-corrected chi connectivity index (χ2v) is 3.14. The third-order valence-corrected chi connectivity index (χ3v) is 2.36. The smallest absolute Gasteiger partial charge is 0.146 e. The number of benzene rings is 1. The SMILES string of the molecule is O=CC1=c2ccccc2=C(O)CC1. The minimum atomic E-state index is 0.390. The summed E-state index contributed by atoms with van der Waals surface area (Å²) in [6, 6.07) is 7.45. The Kier molecular flexibility index (Phi) is 1.89. The minimum absolute atomic E-state index is 0.390. The third kappa shape index (κ3) is 1.24. The zero-order valence-corrected chi connectivity index (χ0v) is 7.16. The molecule has 0 heterocycles. The van der Waals surface area contributed by atoms with Gasteiger partial charge in [0.15, 0.2) is 0 Å². The highest BCUT2D eigenvalue weighted by Gasteiger charge is 2.08.